The van der Waals surface area contributed by atoms with Crippen molar-refractivity contribution in [3.8, 4) is 0 Å². The van der Waals surface area contributed by atoms with Gasteiger partial charge in [-0.3, -0.25) is 4.79 Å². The molecule has 1 amide bonds. The molecule has 0 saturated heterocycles. The largest absolute Gasteiger partial charge is 0.325 e. The van der Waals surface area contributed by atoms with Crippen molar-refractivity contribution in [1.82, 2.24) is 0 Å². The van der Waals surface area contributed by atoms with Gasteiger partial charge in [-0.1, -0.05) is 29.3 Å². The Hall–Kier alpha value is -1.45. The summed E-state index contributed by atoms with van der Waals surface area (Å²) in [6.45, 7) is 3.96. The fraction of sp³-hybridized carbons (Fsp3) is 0.188. The molecule has 1 N–H and O–H groups in total. The van der Waals surface area contributed by atoms with E-state index in [9.17, 15) is 4.79 Å². The molecule has 0 bridgehead atoms. The molecule has 0 aliphatic carbocycles. The minimum absolute atomic E-state index is 0.0164. The maximum Gasteiger partial charge on any atom is 0.234 e. The van der Waals surface area contributed by atoms with Crippen LogP contribution in [0.4, 0.5) is 5.69 Å². The first kappa shape index (κ1) is 14.9. The van der Waals surface area contributed by atoms with Gasteiger partial charge in [0.25, 0.3) is 0 Å². The van der Waals surface area contributed by atoms with Crippen molar-refractivity contribution in [2.75, 3.05) is 11.1 Å². The first-order valence-electron chi connectivity index (χ1n) is 6.30. The molecule has 0 atom stereocenters. The van der Waals surface area contributed by atoms with E-state index in [0.29, 0.717) is 10.8 Å². The van der Waals surface area contributed by atoms with E-state index in [1.54, 1.807) is 6.07 Å². The van der Waals surface area contributed by atoms with Crippen molar-refractivity contribution in [2.45, 2.75) is 18.7 Å². The Morgan fingerprint density at radius 3 is 2.50 bits per heavy atom. The quantitative estimate of drug-likeness (QED) is 0.830. The molecule has 20 heavy (non-hydrogen) atoms. The number of thioether (sulfide) groups is 1. The summed E-state index contributed by atoms with van der Waals surface area (Å²) in [6, 6.07) is 13.6. The summed E-state index contributed by atoms with van der Waals surface area (Å²) in [6.07, 6.45) is 0. The lowest BCUT2D eigenvalue weighted by Crippen LogP contribution is -2.14. The van der Waals surface area contributed by atoms with E-state index < -0.39 is 0 Å². The van der Waals surface area contributed by atoms with E-state index >= 15 is 0 Å². The summed E-state index contributed by atoms with van der Waals surface area (Å²) >= 11 is 7.48. The van der Waals surface area contributed by atoms with Crippen molar-refractivity contribution >= 4 is 35.0 Å². The molecule has 0 aliphatic heterocycles. The maximum absolute atomic E-state index is 11.9. The summed E-state index contributed by atoms with van der Waals surface area (Å²) < 4.78 is 0. The number of amides is 1. The molecule has 0 heterocycles. The van der Waals surface area contributed by atoms with Crippen LogP contribution < -0.4 is 5.32 Å². The van der Waals surface area contributed by atoms with Crippen molar-refractivity contribution in [3.63, 3.8) is 0 Å². The molecule has 2 rings (SSSR count). The highest BCUT2D eigenvalue weighted by atomic mass is 35.5. The second-order valence-corrected chi connectivity index (χ2v) is 6.07. The van der Waals surface area contributed by atoms with Gasteiger partial charge in [0, 0.05) is 15.6 Å². The zero-order valence-corrected chi connectivity index (χ0v) is 13.0. The van der Waals surface area contributed by atoms with Crippen LogP contribution >= 0.6 is 23.4 Å². The molecule has 0 spiro atoms. The molecule has 2 nitrogen and oxygen atoms in total. The average Bonchev–Trinajstić information content (AvgIpc) is 2.42. The van der Waals surface area contributed by atoms with E-state index in [2.05, 4.69) is 5.32 Å². The first-order chi connectivity index (χ1) is 9.54. The predicted octanol–water partition coefficient (Wildman–Crippen LogP) is 4.69. The smallest absolute Gasteiger partial charge is 0.234 e. The molecular formula is C16H16ClNOS. The van der Waals surface area contributed by atoms with Gasteiger partial charge in [-0.25, -0.2) is 0 Å². The van der Waals surface area contributed by atoms with Gasteiger partial charge in [0.2, 0.25) is 5.91 Å². The third-order valence-corrected chi connectivity index (χ3v) is 4.27. The number of aryl methyl sites for hydroxylation is 2. The topological polar surface area (TPSA) is 29.1 Å². The molecule has 0 saturated carbocycles. The zero-order chi connectivity index (χ0) is 14.5. The van der Waals surface area contributed by atoms with Gasteiger partial charge in [-0.15, -0.1) is 11.8 Å². The number of nitrogens with one attached hydrogen (secondary N) is 1. The number of benzene rings is 2. The van der Waals surface area contributed by atoms with Gasteiger partial charge in [-0.05, 0) is 49.7 Å². The number of carbonyl (C=O) groups is 1. The van der Waals surface area contributed by atoms with Crippen molar-refractivity contribution < 1.29 is 4.79 Å². The lowest BCUT2D eigenvalue weighted by molar-refractivity contribution is -0.113. The number of rotatable bonds is 4. The molecule has 4 heteroatoms. The van der Waals surface area contributed by atoms with Crippen LogP contribution in [0.15, 0.2) is 47.4 Å². The van der Waals surface area contributed by atoms with Crippen LogP contribution in [0.1, 0.15) is 11.1 Å². The van der Waals surface area contributed by atoms with Crippen molar-refractivity contribution in [1.29, 1.82) is 0 Å². The molecule has 0 unspecified atom stereocenters. The summed E-state index contributed by atoms with van der Waals surface area (Å²) in [4.78, 5) is 13.0. The number of hydrogen-bond acceptors (Lipinski definition) is 2. The molecule has 2 aromatic carbocycles. The van der Waals surface area contributed by atoms with Gasteiger partial charge < -0.3 is 5.32 Å². The third kappa shape index (κ3) is 4.29. The van der Waals surface area contributed by atoms with Gasteiger partial charge in [0.1, 0.15) is 0 Å². The lowest BCUT2D eigenvalue weighted by Gasteiger charge is -2.07. The molecular weight excluding hydrogens is 290 g/mol. The Morgan fingerprint density at radius 2 is 1.85 bits per heavy atom. The third-order valence-electron chi connectivity index (χ3n) is 2.83. The maximum atomic E-state index is 11.9. The van der Waals surface area contributed by atoms with E-state index in [1.807, 2.05) is 50.2 Å². The highest BCUT2D eigenvalue weighted by molar-refractivity contribution is 8.00. The standard InChI is InChI=1S/C16H16ClNOS/c1-11-3-6-14(7-4-11)20-10-16(19)18-13-5-8-15(17)12(2)9-13/h3-9H,10H2,1-2H3,(H,18,19). The SMILES string of the molecule is Cc1ccc(SCC(=O)Nc2ccc(Cl)c(C)c2)cc1. The Morgan fingerprint density at radius 1 is 1.15 bits per heavy atom. The van der Waals surface area contributed by atoms with Crippen LogP contribution in [-0.4, -0.2) is 11.7 Å². The minimum Gasteiger partial charge on any atom is -0.325 e. The summed E-state index contributed by atoms with van der Waals surface area (Å²) in [5.74, 6) is 0.377. The van der Waals surface area contributed by atoms with Gasteiger partial charge >= 0.3 is 0 Å². The molecule has 0 aromatic heterocycles. The fourth-order valence-corrected chi connectivity index (χ4v) is 2.52. The Labute approximate surface area is 128 Å². The van der Waals surface area contributed by atoms with E-state index in [0.717, 1.165) is 16.1 Å². The van der Waals surface area contributed by atoms with Crippen molar-refractivity contribution in [2.24, 2.45) is 0 Å². The molecule has 2 aromatic rings. The van der Waals surface area contributed by atoms with Crippen LogP contribution in [0, 0.1) is 13.8 Å². The van der Waals surface area contributed by atoms with Crippen LogP contribution in [0.25, 0.3) is 0 Å². The monoisotopic (exact) mass is 305 g/mol. The average molecular weight is 306 g/mol. The highest BCUT2D eigenvalue weighted by Crippen LogP contribution is 2.21. The molecule has 0 radical (unpaired) electrons. The van der Waals surface area contributed by atoms with E-state index in [-0.39, 0.29) is 5.91 Å². The number of halogens is 1. The van der Waals surface area contributed by atoms with Gasteiger partial charge in [-0.2, -0.15) is 0 Å². The molecule has 0 aliphatic rings. The highest BCUT2D eigenvalue weighted by Gasteiger charge is 2.05. The van der Waals surface area contributed by atoms with Crippen molar-refractivity contribution in [3.05, 3.63) is 58.6 Å². The van der Waals surface area contributed by atoms with E-state index in [1.165, 1.54) is 17.3 Å². The zero-order valence-electron chi connectivity index (χ0n) is 11.4. The molecule has 0 fully saturated rings. The summed E-state index contributed by atoms with van der Waals surface area (Å²) in [5.41, 5.74) is 2.95. The van der Waals surface area contributed by atoms with Gasteiger partial charge in [0.15, 0.2) is 0 Å². The Balaban J connectivity index is 1.89. The number of carbonyl (C=O) groups excluding carboxylic acids is 1. The van der Waals surface area contributed by atoms with Crippen LogP contribution in [0.3, 0.4) is 0 Å². The second kappa shape index (κ2) is 6.82. The second-order valence-electron chi connectivity index (χ2n) is 4.61. The van der Waals surface area contributed by atoms with Crippen LogP contribution in [0.2, 0.25) is 5.02 Å². The van der Waals surface area contributed by atoms with Gasteiger partial charge in [0.05, 0.1) is 5.75 Å². The number of anilines is 1. The minimum atomic E-state index is -0.0164. The summed E-state index contributed by atoms with van der Waals surface area (Å²) in [5, 5.41) is 3.58. The molecule has 104 valence electrons. The van der Waals surface area contributed by atoms with Crippen LogP contribution in [0.5, 0.6) is 0 Å². The number of hydrogen-bond donors (Lipinski definition) is 1. The lowest BCUT2D eigenvalue weighted by atomic mass is 10.2. The fourth-order valence-electron chi connectivity index (χ4n) is 1.70. The first-order valence-corrected chi connectivity index (χ1v) is 7.66. The predicted molar refractivity (Wildman–Crippen MR) is 86.7 cm³/mol. The Kier molecular flexibility index (Phi) is 5.10. The van der Waals surface area contributed by atoms with Crippen LogP contribution in [-0.2, 0) is 4.79 Å². The Bertz CT molecular complexity index is 610. The normalized spacial score (nSPS) is 10.3. The summed E-state index contributed by atoms with van der Waals surface area (Å²) in [7, 11) is 0. The van der Waals surface area contributed by atoms with E-state index in [4.69, 9.17) is 11.6 Å².